The zero-order chi connectivity index (χ0) is 19.3. The second-order valence-electron chi connectivity index (χ2n) is 8.91. The van der Waals surface area contributed by atoms with Crippen LogP contribution in [0.1, 0.15) is 49.1 Å². The van der Waals surface area contributed by atoms with Gasteiger partial charge in [-0.2, -0.15) is 0 Å². The molecule has 5 heteroatoms. The average Bonchev–Trinajstić information content (AvgIpc) is 3.13. The van der Waals surface area contributed by atoms with Crippen LogP contribution in [0.15, 0.2) is 24.4 Å². The molecule has 2 heterocycles. The second-order valence-corrected chi connectivity index (χ2v) is 8.91. The lowest BCUT2D eigenvalue weighted by molar-refractivity contribution is -0.159. The predicted octanol–water partition coefficient (Wildman–Crippen LogP) is 3.63. The van der Waals surface area contributed by atoms with Crippen molar-refractivity contribution in [3.05, 3.63) is 35.5 Å². The van der Waals surface area contributed by atoms with E-state index >= 15 is 0 Å². The van der Waals surface area contributed by atoms with Crippen LogP contribution >= 0.6 is 0 Å². The summed E-state index contributed by atoms with van der Waals surface area (Å²) < 4.78 is 11.4. The summed E-state index contributed by atoms with van der Waals surface area (Å²) in [5.74, 6) is 0.355. The highest BCUT2D eigenvalue weighted by atomic mass is 16.5. The van der Waals surface area contributed by atoms with Crippen LogP contribution in [0.4, 0.5) is 0 Å². The molecule has 0 radical (unpaired) electrons. The Morgan fingerprint density at radius 1 is 1.18 bits per heavy atom. The van der Waals surface area contributed by atoms with E-state index in [-0.39, 0.29) is 18.0 Å². The van der Waals surface area contributed by atoms with Gasteiger partial charge in [0.1, 0.15) is 6.10 Å². The number of methoxy groups -OCH3 is 1. The highest BCUT2D eigenvalue weighted by Crippen LogP contribution is 2.44. The molecule has 2 fully saturated rings. The molecule has 3 atom stereocenters. The average molecular weight is 383 g/mol. The Morgan fingerprint density at radius 3 is 2.75 bits per heavy atom. The number of rotatable bonds is 3. The van der Waals surface area contributed by atoms with Crippen LogP contribution in [0.5, 0.6) is 0 Å². The molecule has 0 bridgehead atoms. The van der Waals surface area contributed by atoms with Crippen molar-refractivity contribution < 1.29 is 14.3 Å². The summed E-state index contributed by atoms with van der Waals surface area (Å²) in [6.07, 6.45) is 8.32. The fourth-order valence-corrected chi connectivity index (χ4v) is 5.76. The molecule has 5 nitrogen and oxygen atoms in total. The minimum atomic E-state index is -0.0397. The lowest BCUT2D eigenvalue weighted by Gasteiger charge is -2.45. The van der Waals surface area contributed by atoms with E-state index in [0.717, 1.165) is 45.1 Å². The number of fused-ring (bicyclic) bond motifs is 2. The number of likely N-dealkylation sites (tertiary alicyclic amines) is 1. The number of likely N-dealkylation sites (N-methyl/N-ethyl adjacent to an activating group) is 1. The highest BCUT2D eigenvalue weighted by molar-refractivity contribution is 5.88. The van der Waals surface area contributed by atoms with Gasteiger partial charge in [-0.1, -0.05) is 12.1 Å². The van der Waals surface area contributed by atoms with Crippen LogP contribution in [0.25, 0.3) is 10.9 Å². The monoisotopic (exact) mass is 382 g/mol. The van der Waals surface area contributed by atoms with Gasteiger partial charge < -0.3 is 19.4 Å². The molecule has 2 unspecified atom stereocenters. The lowest BCUT2D eigenvalue weighted by Crippen LogP contribution is -2.50. The summed E-state index contributed by atoms with van der Waals surface area (Å²) in [7, 11) is 3.94. The first-order valence-electron chi connectivity index (χ1n) is 10.7. The number of H-pyrrole nitrogens is 1. The molecule has 2 aliphatic carbocycles. The summed E-state index contributed by atoms with van der Waals surface area (Å²) >= 11 is 0. The van der Waals surface area contributed by atoms with Gasteiger partial charge in [0.05, 0.1) is 12.0 Å². The molecule has 0 amide bonds. The lowest BCUT2D eigenvalue weighted by atomic mass is 9.72. The molecule has 1 saturated carbocycles. The first kappa shape index (κ1) is 18.2. The third-order valence-electron chi connectivity index (χ3n) is 7.30. The standard InChI is InChI=1S/C23H30N2O3/c1-25-13-15(23(26)28-17-8-6-16(27-2)7-9-17)10-19-18-4-3-5-20-22(18)14(12-24-20)11-21(19)25/h3-5,12,15-17,19,21,24H,6-11,13H2,1-2H3/t15-,16?,17?,19?,21?/m1/s1. The van der Waals surface area contributed by atoms with Crippen molar-refractivity contribution in [3.63, 3.8) is 0 Å². The summed E-state index contributed by atoms with van der Waals surface area (Å²) in [6.45, 7) is 0.795. The zero-order valence-corrected chi connectivity index (χ0v) is 16.8. The molecule has 28 heavy (non-hydrogen) atoms. The van der Waals surface area contributed by atoms with Crippen LogP contribution in [-0.2, 0) is 20.7 Å². The number of ether oxygens (including phenoxy) is 2. The van der Waals surface area contributed by atoms with Crippen molar-refractivity contribution in [2.75, 3.05) is 20.7 Å². The number of hydrogen-bond donors (Lipinski definition) is 1. The number of aromatic amines is 1. The Morgan fingerprint density at radius 2 is 1.96 bits per heavy atom. The normalized spacial score (nSPS) is 32.9. The Balaban J connectivity index is 1.32. The summed E-state index contributed by atoms with van der Waals surface area (Å²) in [5, 5.41) is 1.38. The molecule has 1 aromatic heterocycles. The minimum Gasteiger partial charge on any atom is -0.462 e. The van der Waals surface area contributed by atoms with E-state index in [9.17, 15) is 4.79 Å². The first-order valence-corrected chi connectivity index (χ1v) is 10.7. The first-order chi connectivity index (χ1) is 13.6. The van der Waals surface area contributed by atoms with Crippen LogP contribution in [0, 0.1) is 5.92 Å². The van der Waals surface area contributed by atoms with Gasteiger partial charge in [-0.15, -0.1) is 0 Å². The van der Waals surface area contributed by atoms with Gasteiger partial charge in [0.25, 0.3) is 0 Å². The summed E-state index contributed by atoms with van der Waals surface area (Å²) in [6, 6.07) is 7.01. The molecule has 1 N–H and O–H groups in total. The second kappa shape index (κ2) is 7.20. The van der Waals surface area contributed by atoms with E-state index in [1.807, 2.05) is 0 Å². The Bertz CT molecular complexity index is 868. The van der Waals surface area contributed by atoms with Gasteiger partial charge in [-0.05, 0) is 62.8 Å². The Labute approximate surface area is 166 Å². The number of piperidine rings is 1. The smallest absolute Gasteiger partial charge is 0.310 e. The quantitative estimate of drug-likeness (QED) is 0.824. The molecule has 5 rings (SSSR count). The third-order valence-corrected chi connectivity index (χ3v) is 7.30. The van der Waals surface area contributed by atoms with Gasteiger partial charge in [0.2, 0.25) is 0 Å². The van der Waals surface area contributed by atoms with E-state index in [2.05, 4.69) is 41.3 Å². The third kappa shape index (κ3) is 3.05. The summed E-state index contributed by atoms with van der Waals surface area (Å²) in [4.78, 5) is 18.8. The molecular weight excluding hydrogens is 352 g/mol. The van der Waals surface area contributed by atoms with E-state index in [1.165, 1.54) is 22.0 Å². The van der Waals surface area contributed by atoms with E-state index in [4.69, 9.17) is 9.47 Å². The fourth-order valence-electron chi connectivity index (χ4n) is 5.76. The number of esters is 1. The molecule has 150 valence electrons. The number of nitrogens with one attached hydrogen (secondary N) is 1. The van der Waals surface area contributed by atoms with Crippen LogP contribution in [0.2, 0.25) is 0 Å². The zero-order valence-electron chi connectivity index (χ0n) is 16.8. The van der Waals surface area contributed by atoms with Gasteiger partial charge in [0, 0.05) is 42.7 Å². The number of benzene rings is 1. The molecular formula is C23H30N2O3. The molecule has 1 aliphatic heterocycles. The Kier molecular flexibility index (Phi) is 4.68. The van der Waals surface area contributed by atoms with Crippen molar-refractivity contribution in [3.8, 4) is 0 Å². The van der Waals surface area contributed by atoms with Crippen molar-refractivity contribution >= 4 is 16.9 Å². The maximum absolute atomic E-state index is 13.0. The van der Waals surface area contributed by atoms with E-state index in [0.29, 0.717) is 18.1 Å². The topological polar surface area (TPSA) is 54.6 Å². The van der Waals surface area contributed by atoms with Crippen molar-refractivity contribution in [1.29, 1.82) is 0 Å². The van der Waals surface area contributed by atoms with Crippen molar-refractivity contribution in [1.82, 2.24) is 9.88 Å². The van der Waals surface area contributed by atoms with Crippen LogP contribution < -0.4 is 0 Å². The number of hydrogen-bond acceptors (Lipinski definition) is 4. The minimum absolute atomic E-state index is 0.00166. The largest absolute Gasteiger partial charge is 0.462 e. The van der Waals surface area contributed by atoms with E-state index in [1.54, 1.807) is 7.11 Å². The van der Waals surface area contributed by atoms with Gasteiger partial charge in [-0.25, -0.2) is 0 Å². The van der Waals surface area contributed by atoms with Gasteiger partial charge >= 0.3 is 5.97 Å². The number of aromatic nitrogens is 1. The van der Waals surface area contributed by atoms with Gasteiger partial charge in [0.15, 0.2) is 0 Å². The number of nitrogens with zero attached hydrogens (tertiary/aromatic N) is 1. The number of carbonyl (C=O) groups excluding carboxylic acids is 1. The van der Waals surface area contributed by atoms with Crippen molar-refractivity contribution in [2.24, 2.45) is 5.92 Å². The van der Waals surface area contributed by atoms with E-state index < -0.39 is 0 Å². The van der Waals surface area contributed by atoms with Gasteiger partial charge in [-0.3, -0.25) is 4.79 Å². The molecule has 1 aromatic carbocycles. The maximum atomic E-state index is 13.0. The van der Waals surface area contributed by atoms with Crippen LogP contribution in [-0.4, -0.2) is 54.8 Å². The van der Waals surface area contributed by atoms with Crippen LogP contribution in [0.3, 0.4) is 0 Å². The van der Waals surface area contributed by atoms with Crippen molar-refractivity contribution in [2.45, 2.75) is 62.7 Å². The SMILES string of the molecule is COC1CCC(OC(=O)[C@@H]2CC3c4cccc5[nH]cc(c45)CC3N(C)C2)CC1. The highest BCUT2D eigenvalue weighted by Gasteiger charge is 2.42. The molecule has 0 spiro atoms. The fraction of sp³-hybridized carbons (Fsp3) is 0.609. The molecule has 1 saturated heterocycles. The molecule has 3 aliphatic rings. The summed E-state index contributed by atoms with van der Waals surface area (Å²) in [5.41, 5.74) is 4.03. The predicted molar refractivity (Wildman–Crippen MR) is 108 cm³/mol. The molecule has 2 aromatic rings. The maximum Gasteiger partial charge on any atom is 0.310 e. The number of carbonyl (C=O) groups is 1. The Hall–Kier alpha value is -1.85.